The molecule has 0 saturated carbocycles. The van der Waals surface area contributed by atoms with Gasteiger partial charge in [-0.1, -0.05) is 24.3 Å². The molecule has 0 saturated heterocycles. The number of nitrogens with zero attached hydrogens (tertiary/aromatic N) is 1. The van der Waals surface area contributed by atoms with Crippen molar-refractivity contribution in [2.75, 3.05) is 19.6 Å². The molecule has 132 valence electrons. The van der Waals surface area contributed by atoms with Crippen LogP contribution in [0.1, 0.15) is 27.6 Å². The Labute approximate surface area is 151 Å². The first-order valence-electron chi connectivity index (χ1n) is 8.78. The lowest BCUT2D eigenvalue weighted by Crippen LogP contribution is -2.44. The van der Waals surface area contributed by atoms with Crippen molar-refractivity contribution in [1.82, 2.24) is 15.5 Å². The molecule has 1 aliphatic heterocycles. The van der Waals surface area contributed by atoms with Crippen LogP contribution in [-0.4, -0.2) is 41.8 Å². The van der Waals surface area contributed by atoms with E-state index in [2.05, 4.69) is 27.0 Å². The van der Waals surface area contributed by atoms with Crippen LogP contribution in [-0.2, 0) is 19.4 Å². The summed E-state index contributed by atoms with van der Waals surface area (Å²) in [6.45, 7) is 3.46. The Balaban J connectivity index is 1.25. The minimum absolute atomic E-state index is 0.214. The molecule has 1 aromatic carbocycles. The summed E-state index contributed by atoms with van der Waals surface area (Å²) in [5, 5.41) is 18.2. The molecule has 2 atom stereocenters. The van der Waals surface area contributed by atoms with Crippen LogP contribution in [0.2, 0.25) is 0 Å². The summed E-state index contributed by atoms with van der Waals surface area (Å²) in [6.07, 6.45) is 1.14. The molecule has 1 aromatic heterocycles. The lowest BCUT2D eigenvalue weighted by Gasteiger charge is -2.27. The van der Waals surface area contributed by atoms with Crippen molar-refractivity contribution in [1.29, 1.82) is 0 Å². The molecule has 3 N–H and O–H groups in total. The summed E-state index contributed by atoms with van der Waals surface area (Å²) in [5.41, 5.74) is 3.55. The Hall–Kier alpha value is -1.89. The highest BCUT2D eigenvalue weighted by Gasteiger charge is 2.31. The van der Waals surface area contributed by atoms with Gasteiger partial charge in [-0.2, -0.15) is 0 Å². The summed E-state index contributed by atoms with van der Waals surface area (Å²) >= 11 is 1.84. The molecule has 0 bridgehead atoms. The van der Waals surface area contributed by atoms with Gasteiger partial charge in [-0.15, -0.1) is 11.3 Å². The van der Waals surface area contributed by atoms with Gasteiger partial charge in [-0.3, -0.25) is 4.90 Å². The maximum absolute atomic E-state index is 12.2. The van der Waals surface area contributed by atoms with Crippen molar-refractivity contribution < 1.29 is 9.90 Å². The summed E-state index contributed by atoms with van der Waals surface area (Å²) < 4.78 is 0. The van der Waals surface area contributed by atoms with Gasteiger partial charge in [0.05, 0.1) is 12.1 Å². The molecule has 0 fully saturated rings. The van der Waals surface area contributed by atoms with Crippen LogP contribution >= 0.6 is 11.3 Å². The fraction of sp³-hybridized carbons (Fsp3) is 0.421. The molecule has 0 unspecified atom stereocenters. The number of aliphatic hydroxyl groups is 1. The van der Waals surface area contributed by atoms with Crippen LogP contribution in [0.15, 0.2) is 35.7 Å². The fourth-order valence-corrected chi connectivity index (χ4v) is 4.66. The molecular weight excluding hydrogens is 334 g/mol. The number of nitrogens with one attached hydrogen (secondary N) is 2. The third kappa shape index (κ3) is 3.56. The number of carbonyl (C=O) groups excluding carboxylic acids is 1. The smallest absolute Gasteiger partial charge is 0.315 e. The molecule has 5 nitrogen and oxygen atoms in total. The van der Waals surface area contributed by atoms with Gasteiger partial charge in [0.25, 0.3) is 0 Å². The van der Waals surface area contributed by atoms with E-state index in [1.165, 1.54) is 10.4 Å². The number of fused-ring (bicyclic) bond motifs is 2. The van der Waals surface area contributed by atoms with Gasteiger partial charge >= 0.3 is 6.03 Å². The first kappa shape index (κ1) is 16.6. The van der Waals surface area contributed by atoms with Gasteiger partial charge in [0.2, 0.25) is 0 Å². The zero-order chi connectivity index (χ0) is 17.2. The molecule has 4 rings (SSSR count). The molecule has 1 aliphatic carbocycles. The van der Waals surface area contributed by atoms with Crippen molar-refractivity contribution in [3.8, 4) is 0 Å². The number of urea groups is 1. The fourth-order valence-electron chi connectivity index (χ4n) is 3.77. The van der Waals surface area contributed by atoms with E-state index in [0.29, 0.717) is 13.0 Å². The predicted molar refractivity (Wildman–Crippen MR) is 98.7 cm³/mol. The van der Waals surface area contributed by atoms with E-state index >= 15 is 0 Å². The topological polar surface area (TPSA) is 64.6 Å². The Morgan fingerprint density at radius 1 is 1.28 bits per heavy atom. The number of hydrogen-bond donors (Lipinski definition) is 3. The quantitative estimate of drug-likeness (QED) is 0.785. The van der Waals surface area contributed by atoms with E-state index in [1.54, 1.807) is 0 Å². The van der Waals surface area contributed by atoms with Crippen molar-refractivity contribution in [2.24, 2.45) is 0 Å². The molecule has 0 radical (unpaired) electrons. The Bertz CT molecular complexity index is 761. The highest BCUT2D eigenvalue weighted by Crippen LogP contribution is 2.31. The zero-order valence-electron chi connectivity index (χ0n) is 14.1. The van der Waals surface area contributed by atoms with Crippen molar-refractivity contribution in [2.45, 2.75) is 31.5 Å². The second-order valence-electron chi connectivity index (χ2n) is 6.74. The van der Waals surface area contributed by atoms with Crippen LogP contribution in [0.5, 0.6) is 0 Å². The van der Waals surface area contributed by atoms with Gasteiger partial charge in [-0.05, 0) is 34.6 Å². The van der Waals surface area contributed by atoms with Crippen molar-refractivity contribution >= 4 is 17.4 Å². The third-order valence-corrected chi connectivity index (χ3v) is 6.11. The SMILES string of the molecule is O=C(NCCN1CCc2sccc2C1)N[C@@H]1c2ccccc2C[C@@H]1O. The monoisotopic (exact) mass is 357 g/mol. The van der Waals surface area contributed by atoms with E-state index in [9.17, 15) is 9.90 Å². The number of aliphatic hydroxyl groups excluding tert-OH is 1. The number of carbonyl (C=O) groups is 1. The van der Waals surface area contributed by atoms with E-state index < -0.39 is 6.10 Å². The average Bonchev–Trinajstić information content (AvgIpc) is 3.19. The summed E-state index contributed by atoms with van der Waals surface area (Å²) in [7, 11) is 0. The molecular formula is C19H23N3O2S. The normalized spacial score (nSPS) is 22.3. The van der Waals surface area contributed by atoms with Gasteiger partial charge in [0.15, 0.2) is 0 Å². The zero-order valence-corrected chi connectivity index (χ0v) is 14.9. The number of benzene rings is 1. The minimum Gasteiger partial charge on any atom is -0.390 e. The first-order chi connectivity index (χ1) is 12.2. The highest BCUT2D eigenvalue weighted by atomic mass is 32.1. The summed E-state index contributed by atoms with van der Waals surface area (Å²) in [4.78, 5) is 16.1. The first-order valence-corrected chi connectivity index (χ1v) is 9.66. The van der Waals surface area contributed by atoms with Gasteiger partial charge < -0.3 is 15.7 Å². The molecule has 6 heteroatoms. The second-order valence-corrected chi connectivity index (χ2v) is 7.74. The van der Waals surface area contributed by atoms with Crippen LogP contribution in [0, 0.1) is 0 Å². The maximum Gasteiger partial charge on any atom is 0.315 e. The van der Waals surface area contributed by atoms with Crippen molar-refractivity contribution in [3.05, 3.63) is 57.3 Å². The summed E-state index contributed by atoms with van der Waals surface area (Å²) in [6, 6.07) is 9.55. The minimum atomic E-state index is -0.553. The van der Waals surface area contributed by atoms with E-state index in [-0.39, 0.29) is 12.1 Å². The lowest BCUT2D eigenvalue weighted by atomic mass is 10.1. The van der Waals surface area contributed by atoms with E-state index in [4.69, 9.17) is 0 Å². The van der Waals surface area contributed by atoms with Crippen LogP contribution < -0.4 is 10.6 Å². The third-order valence-electron chi connectivity index (χ3n) is 5.09. The second kappa shape index (κ2) is 7.15. The standard InChI is InChI=1S/C19H23N3O2S/c23-16-11-13-3-1-2-4-15(13)18(16)21-19(24)20-7-9-22-8-5-17-14(12-22)6-10-25-17/h1-4,6,10,16,18,23H,5,7-9,11-12H2,(H2,20,21,24)/t16-,18+/m0/s1. The number of rotatable bonds is 4. The van der Waals surface area contributed by atoms with Crippen LogP contribution in [0.3, 0.4) is 0 Å². The predicted octanol–water partition coefficient (Wildman–Crippen LogP) is 2.06. The number of hydrogen-bond acceptors (Lipinski definition) is 4. The van der Waals surface area contributed by atoms with E-state index in [1.807, 2.05) is 35.6 Å². The molecule has 0 spiro atoms. The lowest BCUT2D eigenvalue weighted by molar-refractivity contribution is 0.142. The van der Waals surface area contributed by atoms with Crippen LogP contribution in [0.4, 0.5) is 4.79 Å². The largest absolute Gasteiger partial charge is 0.390 e. The van der Waals surface area contributed by atoms with E-state index in [0.717, 1.165) is 37.2 Å². The summed E-state index contributed by atoms with van der Waals surface area (Å²) in [5.74, 6) is 0. The van der Waals surface area contributed by atoms with Crippen molar-refractivity contribution in [3.63, 3.8) is 0 Å². The molecule has 2 heterocycles. The van der Waals surface area contributed by atoms with Gasteiger partial charge in [0, 0.05) is 37.5 Å². The molecule has 2 aliphatic rings. The Kier molecular flexibility index (Phi) is 4.74. The Morgan fingerprint density at radius 2 is 2.16 bits per heavy atom. The molecule has 2 amide bonds. The maximum atomic E-state index is 12.2. The molecule has 2 aromatic rings. The average molecular weight is 357 g/mol. The number of thiophene rings is 1. The number of amides is 2. The highest BCUT2D eigenvalue weighted by molar-refractivity contribution is 7.10. The van der Waals surface area contributed by atoms with Crippen LogP contribution in [0.25, 0.3) is 0 Å². The van der Waals surface area contributed by atoms with Gasteiger partial charge in [-0.25, -0.2) is 4.79 Å². The Morgan fingerprint density at radius 3 is 3.08 bits per heavy atom. The molecule has 25 heavy (non-hydrogen) atoms. The van der Waals surface area contributed by atoms with Gasteiger partial charge in [0.1, 0.15) is 0 Å².